The van der Waals surface area contributed by atoms with Crippen LogP contribution in [0.15, 0.2) is 12.2 Å². The van der Waals surface area contributed by atoms with E-state index in [0.717, 1.165) is 64.2 Å². The van der Waals surface area contributed by atoms with Gasteiger partial charge in [-0.3, -0.25) is 4.79 Å². The maximum Gasteiger partial charge on any atom is 0.220 e. The van der Waals surface area contributed by atoms with E-state index in [9.17, 15) is 45.6 Å². The van der Waals surface area contributed by atoms with E-state index in [1.165, 1.54) is 205 Å². The van der Waals surface area contributed by atoms with Crippen LogP contribution in [0.2, 0.25) is 0 Å². The van der Waals surface area contributed by atoms with E-state index in [-0.39, 0.29) is 12.5 Å². The summed E-state index contributed by atoms with van der Waals surface area (Å²) >= 11 is 0. The molecular formula is C65H125NO13. The van der Waals surface area contributed by atoms with Crippen LogP contribution in [0.3, 0.4) is 0 Å². The standard InChI is InChI=1S/C65H125NO13/c1-3-5-7-9-11-13-15-17-18-19-20-21-22-23-24-25-26-27-28-29-30-31-32-33-34-35-37-38-40-42-44-46-48-54(69)53(66-57(70)49-47-45-43-41-39-36-16-14-12-10-8-6-4-2)52-76-64-62(75)60(73)63(56(51-68)78-64)79-65-61(74)59(72)58(71)55(50-67)77-65/h14,16,53-56,58-65,67-69,71-75H,3-13,15,17-52H2,1-2H3,(H,66,70)/b16-14-. The summed E-state index contributed by atoms with van der Waals surface area (Å²) in [5.74, 6) is -0.212. The Kier molecular flexibility index (Phi) is 47.8. The predicted molar refractivity (Wildman–Crippen MR) is 319 cm³/mol. The number of aliphatic hydroxyl groups is 8. The summed E-state index contributed by atoms with van der Waals surface area (Å²) in [6.45, 7) is 2.87. The highest BCUT2D eigenvalue weighted by atomic mass is 16.7. The summed E-state index contributed by atoms with van der Waals surface area (Å²) in [5, 5.41) is 87.3. The molecule has 1 amide bonds. The van der Waals surface area contributed by atoms with Crippen LogP contribution in [0.4, 0.5) is 0 Å². The van der Waals surface area contributed by atoms with Crippen molar-refractivity contribution in [3.8, 4) is 0 Å². The molecule has 2 aliphatic heterocycles. The van der Waals surface area contributed by atoms with Gasteiger partial charge in [-0.05, 0) is 38.5 Å². The van der Waals surface area contributed by atoms with Gasteiger partial charge in [0.25, 0.3) is 0 Å². The van der Waals surface area contributed by atoms with E-state index in [4.69, 9.17) is 18.9 Å². The van der Waals surface area contributed by atoms with Crippen molar-refractivity contribution in [2.75, 3.05) is 19.8 Å². The Labute approximate surface area is 482 Å². The van der Waals surface area contributed by atoms with E-state index in [2.05, 4.69) is 31.3 Å². The first kappa shape index (κ1) is 73.8. The number of hydrogen-bond donors (Lipinski definition) is 9. The van der Waals surface area contributed by atoms with Gasteiger partial charge in [0.05, 0.1) is 32.0 Å². The van der Waals surface area contributed by atoms with Crippen LogP contribution in [0, 0.1) is 0 Å². The normalized spacial score (nSPS) is 24.4. The molecule has 79 heavy (non-hydrogen) atoms. The van der Waals surface area contributed by atoms with E-state index < -0.39 is 86.8 Å². The first-order valence-corrected chi connectivity index (χ1v) is 33.4. The molecule has 468 valence electrons. The molecule has 0 saturated carbocycles. The second-order valence-electron chi connectivity index (χ2n) is 24.0. The van der Waals surface area contributed by atoms with Gasteiger partial charge in [-0.1, -0.05) is 270 Å². The first-order valence-electron chi connectivity index (χ1n) is 33.4. The number of ether oxygens (including phenoxy) is 4. The average molecular weight is 1130 g/mol. The molecule has 9 N–H and O–H groups in total. The Balaban J connectivity index is 1.62. The lowest BCUT2D eigenvalue weighted by atomic mass is 9.97. The van der Waals surface area contributed by atoms with E-state index in [1.807, 2.05) is 0 Å². The van der Waals surface area contributed by atoms with Crippen LogP contribution in [-0.2, 0) is 23.7 Å². The number of amides is 1. The largest absolute Gasteiger partial charge is 0.394 e. The highest BCUT2D eigenvalue weighted by Gasteiger charge is 2.51. The summed E-state index contributed by atoms with van der Waals surface area (Å²) in [6.07, 6.45) is 43.9. The van der Waals surface area contributed by atoms with Crippen molar-refractivity contribution < 1.29 is 64.6 Å². The van der Waals surface area contributed by atoms with Gasteiger partial charge in [0.1, 0.15) is 48.8 Å². The van der Waals surface area contributed by atoms with Gasteiger partial charge in [0.2, 0.25) is 5.91 Å². The number of hydrogen-bond acceptors (Lipinski definition) is 13. The number of aliphatic hydroxyl groups excluding tert-OH is 8. The summed E-state index contributed by atoms with van der Waals surface area (Å²) in [4.78, 5) is 13.3. The van der Waals surface area contributed by atoms with Gasteiger partial charge in [-0.25, -0.2) is 0 Å². The third kappa shape index (κ3) is 36.2. The molecule has 0 spiro atoms. The Morgan fingerprint density at radius 1 is 0.443 bits per heavy atom. The summed E-state index contributed by atoms with van der Waals surface area (Å²) in [6, 6.07) is -0.830. The lowest BCUT2D eigenvalue weighted by Gasteiger charge is -2.46. The molecule has 2 saturated heterocycles. The molecule has 0 bridgehead atoms. The zero-order valence-corrected chi connectivity index (χ0v) is 50.6. The molecule has 12 unspecified atom stereocenters. The smallest absolute Gasteiger partial charge is 0.220 e. The minimum Gasteiger partial charge on any atom is -0.394 e. The molecule has 0 radical (unpaired) electrons. The fourth-order valence-electron chi connectivity index (χ4n) is 11.4. The third-order valence-corrected chi connectivity index (χ3v) is 16.7. The average Bonchev–Trinajstić information content (AvgIpc) is 3.45. The molecule has 2 heterocycles. The third-order valence-electron chi connectivity index (χ3n) is 16.7. The lowest BCUT2D eigenvalue weighted by Crippen LogP contribution is -2.65. The quantitative estimate of drug-likeness (QED) is 0.0204. The summed E-state index contributed by atoms with van der Waals surface area (Å²) in [7, 11) is 0. The van der Waals surface area contributed by atoms with Gasteiger partial charge in [-0.2, -0.15) is 0 Å². The van der Waals surface area contributed by atoms with Crippen molar-refractivity contribution in [1.82, 2.24) is 5.32 Å². The number of carbonyl (C=O) groups is 1. The van der Waals surface area contributed by atoms with Gasteiger partial charge < -0.3 is 65.1 Å². The van der Waals surface area contributed by atoms with Crippen LogP contribution in [0.1, 0.15) is 303 Å². The van der Waals surface area contributed by atoms with Gasteiger partial charge in [0, 0.05) is 6.42 Å². The SMILES string of the molecule is CCCCCC/C=C\CCCCCCCC(=O)NC(COC1OC(CO)C(OC2OC(CO)C(O)C(O)C2O)C(O)C1O)C(O)CCCCCCCCCCCCCCCCCCCCCCCCCCCCCCCCCC. The maximum absolute atomic E-state index is 13.3. The van der Waals surface area contributed by atoms with Crippen molar-refractivity contribution in [2.24, 2.45) is 0 Å². The monoisotopic (exact) mass is 1130 g/mol. The van der Waals surface area contributed by atoms with Crippen molar-refractivity contribution in [3.05, 3.63) is 12.2 Å². The van der Waals surface area contributed by atoms with E-state index in [0.29, 0.717) is 19.3 Å². The van der Waals surface area contributed by atoms with Gasteiger partial charge >= 0.3 is 0 Å². The topological polar surface area (TPSA) is 228 Å². The summed E-state index contributed by atoms with van der Waals surface area (Å²) in [5.41, 5.74) is 0. The number of carbonyl (C=O) groups excluding carboxylic acids is 1. The van der Waals surface area contributed by atoms with Crippen LogP contribution in [-0.4, -0.2) is 140 Å². The zero-order chi connectivity index (χ0) is 57.4. The molecule has 12 atom stereocenters. The molecule has 0 aromatic rings. The minimum atomic E-state index is -1.78. The number of rotatable bonds is 55. The van der Waals surface area contributed by atoms with E-state index in [1.54, 1.807) is 0 Å². The number of unbranched alkanes of at least 4 members (excludes halogenated alkanes) is 40. The van der Waals surface area contributed by atoms with Crippen LogP contribution in [0.5, 0.6) is 0 Å². The molecular weight excluding hydrogens is 1000 g/mol. The molecule has 2 fully saturated rings. The molecule has 2 rings (SSSR count). The van der Waals surface area contributed by atoms with Gasteiger partial charge in [0.15, 0.2) is 12.6 Å². The first-order chi connectivity index (χ1) is 38.6. The maximum atomic E-state index is 13.3. The predicted octanol–water partition coefficient (Wildman–Crippen LogP) is 12.6. The van der Waals surface area contributed by atoms with Crippen LogP contribution >= 0.6 is 0 Å². The van der Waals surface area contributed by atoms with Crippen LogP contribution < -0.4 is 5.32 Å². The molecule has 14 heteroatoms. The second-order valence-corrected chi connectivity index (χ2v) is 24.0. The summed E-state index contributed by atoms with van der Waals surface area (Å²) < 4.78 is 22.9. The Morgan fingerprint density at radius 3 is 1.22 bits per heavy atom. The zero-order valence-electron chi connectivity index (χ0n) is 50.6. The van der Waals surface area contributed by atoms with E-state index >= 15 is 0 Å². The number of nitrogens with one attached hydrogen (secondary N) is 1. The highest BCUT2D eigenvalue weighted by Crippen LogP contribution is 2.30. The second kappa shape index (κ2) is 51.2. The Hall–Kier alpha value is -1.27. The van der Waals surface area contributed by atoms with Crippen molar-refractivity contribution in [1.29, 1.82) is 0 Å². The molecule has 0 aromatic heterocycles. The fourth-order valence-corrected chi connectivity index (χ4v) is 11.4. The molecule has 0 aliphatic carbocycles. The lowest BCUT2D eigenvalue weighted by molar-refractivity contribution is -0.359. The minimum absolute atomic E-state index is 0.212. The molecule has 14 nitrogen and oxygen atoms in total. The van der Waals surface area contributed by atoms with Crippen molar-refractivity contribution in [2.45, 2.75) is 376 Å². The molecule has 0 aromatic carbocycles. The highest BCUT2D eigenvalue weighted by molar-refractivity contribution is 5.76. The fraction of sp³-hybridized carbons (Fsp3) is 0.954. The molecule has 2 aliphatic rings. The number of allylic oxidation sites excluding steroid dienone is 2. The Bertz CT molecular complexity index is 1380. The Morgan fingerprint density at radius 2 is 0.797 bits per heavy atom. The van der Waals surface area contributed by atoms with Gasteiger partial charge in [-0.15, -0.1) is 0 Å². The van der Waals surface area contributed by atoms with Crippen molar-refractivity contribution >= 4 is 5.91 Å². The van der Waals surface area contributed by atoms with Crippen molar-refractivity contribution in [3.63, 3.8) is 0 Å². The van der Waals surface area contributed by atoms with Crippen LogP contribution in [0.25, 0.3) is 0 Å².